The maximum atomic E-state index is 12.6. The van der Waals surface area contributed by atoms with E-state index in [0.717, 1.165) is 29.7 Å². The maximum absolute atomic E-state index is 12.6. The summed E-state index contributed by atoms with van der Waals surface area (Å²) < 4.78 is 10.4. The summed E-state index contributed by atoms with van der Waals surface area (Å²) in [6.07, 6.45) is 3.41. The fraction of sp³-hybridized carbons (Fsp3) is 0.250. The van der Waals surface area contributed by atoms with Crippen LogP contribution >= 0.6 is 11.3 Å². The molecule has 1 aliphatic carbocycles. The van der Waals surface area contributed by atoms with E-state index in [2.05, 4.69) is 15.8 Å². The molecule has 0 radical (unpaired) electrons. The minimum atomic E-state index is -1.03. The van der Waals surface area contributed by atoms with Gasteiger partial charge in [0.1, 0.15) is 16.3 Å². The van der Waals surface area contributed by atoms with Crippen LogP contribution in [0.3, 0.4) is 0 Å². The number of nitrogens with zero attached hydrogens (tertiary/aromatic N) is 2. The number of benzene rings is 2. The molecule has 41 heavy (non-hydrogen) atoms. The minimum absolute atomic E-state index is 0.143. The van der Waals surface area contributed by atoms with Gasteiger partial charge in [-0.25, -0.2) is 15.0 Å². The number of esters is 2. The van der Waals surface area contributed by atoms with Gasteiger partial charge in [0.05, 0.1) is 22.8 Å². The van der Waals surface area contributed by atoms with Crippen molar-refractivity contribution in [3.63, 3.8) is 0 Å². The second-order valence-corrected chi connectivity index (χ2v) is 10.0. The van der Waals surface area contributed by atoms with Crippen LogP contribution in [0, 0.1) is 10.1 Å². The predicted octanol–water partition coefficient (Wildman–Crippen LogP) is 4.41. The topological polar surface area (TPSA) is 166 Å². The Morgan fingerprint density at radius 1 is 1.00 bits per heavy atom. The standard InChI is InChI=1S/C28H26N4O8S/c1-3-39-28(36)23-20-9-5-7-11-22(20)41-26(23)29-24(33)25(34)31-30-16(2)17-12-14-18(15-13-17)40-27(35)19-8-4-6-10-21(19)32(37)38/h4,6,8,10,12-15H,3,5,7,9,11H2,1-2H3,(H,29,33)(H,31,34)/b30-16+. The number of hydrogen-bond acceptors (Lipinski definition) is 10. The first kappa shape index (κ1) is 29.1. The quantitative estimate of drug-likeness (QED) is 0.0990. The van der Waals surface area contributed by atoms with Gasteiger partial charge in [-0.2, -0.15) is 5.10 Å². The van der Waals surface area contributed by atoms with E-state index in [-0.39, 0.29) is 28.6 Å². The number of anilines is 1. The van der Waals surface area contributed by atoms with Gasteiger partial charge in [0.15, 0.2) is 0 Å². The van der Waals surface area contributed by atoms with Crippen molar-refractivity contribution < 1.29 is 33.6 Å². The fourth-order valence-electron chi connectivity index (χ4n) is 4.21. The number of hydrogen-bond donors (Lipinski definition) is 2. The zero-order valence-corrected chi connectivity index (χ0v) is 23.0. The summed E-state index contributed by atoms with van der Waals surface area (Å²) >= 11 is 1.27. The smallest absolute Gasteiger partial charge is 0.350 e. The Balaban J connectivity index is 1.39. The lowest BCUT2D eigenvalue weighted by molar-refractivity contribution is -0.385. The average Bonchev–Trinajstić information content (AvgIpc) is 3.34. The molecule has 12 nitrogen and oxygen atoms in total. The fourth-order valence-corrected chi connectivity index (χ4v) is 5.49. The molecule has 0 bridgehead atoms. The molecule has 0 saturated carbocycles. The van der Waals surface area contributed by atoms with E-state index < -0.39 is 28.7 Å². The van der Waals surface area contributed by atoms with E-state index in [9.17, 15) is 29.3 Å². The summed E-state index contributed by atoms with van der Waals surface area (Å²) in [5.41, 5.74) is 3.71. The molecule has 0 atom stereocenters. The second-order valence-electron chi connectivity index (χ2n) is 8.92. The number of nitro groups is 1. The van der Waals surface area contributed by atoms with Crippen LogP contribution in [-0.2, 0) is 27.2 Å². The first-order valence-electron chi connectivity index (χ1n) is 12.7. The van der Waals surface area contributed by atoms with E-state index in [1.54, 1.807) is 26.0 Å². The summed E-state index contributed by atoms with van der Waals surface area (Å²) in [4.78, 5) is 61.6. The van der Waals surface area contributed by atoms with Crippen LogP contribution in [-0.4, -0.2) is 41.0 Å². The van der Waals surface area contributed by atoms with Crippen molar-refractivity contribution >= 4 is 51.5 Å². The monoisotopic (exact) mass is 578 g/mol. The number of fused-ring (bicyclic) bond motifs is 1. The number of aryl methyl sites for hydroxylation is 1. The molecule has 2 N–H and O–H groups in total. The highest BCUT2D eigenvalue weighted by molar-refractivity contribution is 7.17. The SMILES string of the molecule is CCOC(=O)c1c(NC(=O)C(=O)N/N=C(\C)c2ccc(OC(=O)c3ccccc3[N+](=O)[O-])cc2)sc2c1CCCC2. The van der Waals surface area contributed by atoms with Gasteiger partial charge in [0.2, 0.25) is 0 Å². The van der Waals surface area contributed by atoms with Gasteiger partial charge >= 0.3 is 23.8 Å². The van der Waals surface area contributed by atoms with Crippen LogP contribution in [0.5, 0.6) is 5.75 Å². The van der Waals surface area contributed by atoms with E-state index in [4.69, 9.17) is 9.47 Å². The highest BCUT2D eigenvalue weighted by Crippen LogP contribution is 2.38. The zero-order valence-electron chi connectivity index (χ0n) is 22.2. The molecular weight excluding hydrogens is 552 g/mol. The molecule has 0 unspecified atom stereocenters. The average molecular weight is 579 g/mol. The molecule has 1 heterocycles. The van der Waals surface area contributed by atoms with E-state index in [1.165, 1.54) is 47.7 Å². The molecule has 0 fully saturated rings. The Morgan fingerprint density at radius 2 is 1.71 bits per heavy atom. The molecule has 3 aromatic rings. The molecular formula is C28H26N4O8S. The third-order valence-electron chi connectivity index (χ3n) is 6.21. The molecule has 0 spiro atoms. The van der Waals surface area contributed by atoms with Crippen molar-refractivity contribution in [1.29, 1.82) is 0 Å². The van der Waals surface area contributed by atoms with Crippen LogP contribution in [0.1, 0.15) is 63.4 Å². The molecule has 0 saturated heterocycles. The molecule has 2 amide bonds. The number of amides is 2. The van der Waals surface area contributed by atoms with E-state index >= 15 is 0 Å². The Morgan fingerprint density at radius 3 is 2.41 bits per heavy atom. The summed E-state index contributed by atoms with van der Waals surface area (Å²) in [5, 5.41) is 17.9. The number of nitrogens with one attached hydrogen (secondary N) is 2. The molecule has 1 aromatic heterocycles. The van der Waals surface area contributed by atoms with Crippen molar-refractivity contribution in [3.05, 3.63) is 85.8 Å². The number of rotatable bonds is 8. The zero-order chi connectivity index (χ0) is 29.5. The van der Waals surface area contributed by atoms with Crippen molar-refractivity contribution in [3.8, 4) is 5.75 Å². The number of carbonyl (C=O) groups excluding carboxylic acids is 4. The Labute approximate surface area is 238 Å². The van der Waals surface area contributed by atoms with Crippen molar-refractivity contribution in [2.45, 2.75) is 39.5 Å². The molecule has 0 aliphatic heterocycles. The van der Waals surface area contributed by atoms with Gasteiger partial charge in [-0.1, -0.05) is 12.1 Å². The molecule has 212 valence electrons. The Bertz CT molecular complexity index is 1540. The minimum Gasteiger partial charge on any atom is -0.462 e. The van der Waals surface area contributed by atoms with Gasteiger partial charge in [-0.15, -0.1) is 11.3 Å². The number of thiophene rings is 1. The summed E-state index contributed by atoms with van der Waals surface area (Å²) in [6.45, 7) is 3.48. The lowest BCUT2D eigenvalue weighted by atomic mass is 9.95. The summed E-state index contributed by atoms with van der Waals surface area (Å²) in [6, 6.07) is 11.5. The predicted molar refractivity (Wildman–Crippen MR) is 150 cm³/mol. The lowest BCUT2D eigenvalue weighted by Gasteiger charge is -2.12. The first-order valence-corrected chi connectivity index (χ1v) is 13.5. The third kappa shape index (κ3) is 6.81. The highest BCUT2D eigenvalue weighted by Gasteiger charge is 2.28. The number of para-hydroxylation sites is 1. The van der Waals surface area contributed by atoms with Crippen molar-refractivity contribution in [2.24, 2.45) is 5.10 Å². The van der Waals surface area contributed by atoms with E-state index in [1.807, 2.05) is 0 Å². The number of hydrazone groups is 1. The second kappa shape index (κ2) is 13.0. The first-order chi connectivity index (χ1) is 19.7. The Kier molecular flexibility index (Phi) is 9.19. The lowest BCUT2D eigenvalue weighted by Crippen LogP contribution is -2.33. The number of ether oxygens (including phenoxy) is 2. The number of carbonyl (C=O) groups is 4. The normalized spacial score (nSPS) is 12.6. The Hall–Kier alpha value is -4.91. The maximum Gasteiger partial charge on any atom is 0.350 e. The molecule has 13 heteroatoms. The van der Waals surface area contributed by atoms with Crippen LogP contribution in [0.2, 0.25) is 0 Å². The van der Waals surface area contributed by atoms with Gasteiger partial charge < -0.3 is 14.8 Å². The van der Waals surface area contributed by atoms with Crippen LogP contribution in [0.25, 0.3) is 0 Å². The summed E-state index contributed by atoms with van der Waals surface area (Å²) in [5.74, 6) is -3.29. The van der Waals surface area contributed by atoms with Crippen LogP contribution in [0.15, 0.2) is 53.6 Å². The van der Waals surface area contributed by atoms with Gasteiger partial charge in [-0.05, 0) is 81.0 Å². The third-order valence-corrected chi connectivity index (χ3v) is 7.42. The molecule has 1 aliphatic rings. The van der Waals surface area contributed by atoms with Crippen molar-refractivity contribution in [2.75, 3.05) is 11.9 Å². The van der Waals surface area contributed by atoms with Gasteiger partial charge in [0, 0.05) is 10.9 Å². The van der Waals surface area contributed by atoms with Crippen LogP contribution in [0.4, 0.5) is 10.7 Å². The van der Waals surface area contributed by atoms with Crippen LogP contribution < -0.4 is 15.5 Å². The largest absolute Gasteiger partial charge is 0.462 e. The van der Waals surface area contributed by atoms with E-state index in [0.29, 0.717) is 23.3 Å². The highest BCUT2D eigenvalue weighted by atomic mass is 32.1. The van der Waals surface area contributed by atoms with Crippen molar-refractivity contribution in [1.82, 2.24) is 5.43 Å². The summed E-state index contributed by atoms with van der Waals surface area (Å²) in [7, 11) is 0. The molecule has 2 aromatic carbocycles. The van der Waals surface area contributed by atoms with Gasteiger partial charge in [0.25, 0.3) is 5.69 Å². The number of nitro benzene ring substituents is 1. The van der Waals surface area contributed by atoms with Gasteiger partial charge in [-0.3, -0.25) is 19.7 Å². The molecule has 4 rings (SSSR count).